The fourth-order valence-corrected chi connectivity index (χ4v) is 10.1. The van der Waals surface area contributed by atoms with Crippen molar-refractivity contribution < 1.29 is 9.15 Å². The molecule has 312 valence electrons. The van der Waals surface area contributed by atoms with Gasteiger partial charge < -0.3 is 19.0 Å². The van der Waals surface area contributed by atoms with Gasteiger partial charge in [-0.25, -0.2) is 0 Å². The number of ether oxygens (including phenoxy) is 1. The molecule has 12 aromatic rings. The van der Waals surface area contributed by atoms with Crippen LogP contribution in [-0.4, -0.2) is 9.97 Å². The molecule has 9 aromatic carbocycles. The molecule has 0 atom stereocenters. The third-order valence-electron chi connectivity index (χ3n) is 13.1. The van der Waals surface area contributed by atoms with Crippen LogP contribution in [0, 0.1) is 13.8 Å². The highest BCUT2D eigenvalue weighted by Gasteiger charge is 2.27. The molecule has 0 saturated heterocycles. The maximum Gasteiger partial charge on any atom is 0.159 e. The molecule has 1 aliphatic rings. The van der Waals surface area contributed by atoms with Gasteiger partial charge in [-0.3, -0.25) is 9.97 Å². The van der Waals surface area contributed by atoms with Crippen molar-refractivity contribution in [3.63, 3.8) is 0 Å². The molecule has 3 aromatic heterocycles. The van der Waals surface area contributed by atoms with Gasteiger partial charge in [-0.2, -0.15) is 0 Å². The van der Waals surface area contributed by atoms with Crippen molar-refractivity contribution >= 4 is 88.4 Å². The van der Waals surface area contributed by atoms with Crippen molar-refractivity contribution in [1.29, 1.82) is 0 Å². The first-order valence-corrected chi connectivity index (χ1v) is 22.3. The summed E-state index contributed by atoms with van der Waals surface area (Å²) in [4.78, 5) is 13.1. The molecule has 66 heavy (non-hydrogen) atoms. The molecule has 0 unspecified atom stereocenters. The Hall–Kier alpha value is -8.74. The van der Waals surface area contributed by atoms with E-state index < -0.39 is 0 Å². The van der Waals surface area contributed by atoms with Gasteiger partial charge in [0.1, 0.15) is 17.1 Å². The summed E-state index contributed by atoms with van der Waals surface area (Å²) in [5.74, 6) is 1.67. The highest BCUT2D eigenvalue weighted by molar-refractivity contribution is 6.25. The molecule has 0 fully saturated rings. The van der Waals surface area contributed by atoms with Crippen LogP contribution in [0.5, 0.6) is 11.5 Å². The topological polar surface area (TPSA) is 54.6 Å². The molecule has 0 aliphatic carbocycles. The summed E-state index contributed by atoms with van der Waals surface area (Å²) < 4.78 is 13.7. The van der Waals surface area contributed by atoms with Crippen molar-refractivity contribution in [2.24, 2.45) is 0 Å². The zero-order valence-corrected chi connectivity index (χ0v) is 36.2. The largest absolute Gasteiger partial charge is 0.456 e. The fraction of sp³-hybridized carbons (Fsp3) is 0.0333. The number of furan rings is 1. The number of benzene rings is 9. The summed E-state index contributed by atoms with van der Waals surface area (Å²) >= 11 is 0. The van der Waals surface area contributed by atoms with Crippen LogP contribution in [-0.2, 0) is 0 Å². The molecular formula is C60H40N4O2. The Kier molecular flexibility index (Phi) is 8.55. The van der Waals surface area contributed by atoms with Crippen molar-refractivity contribution in [2.45, 2.75) is 13.8 Å². The molecule has 6 nitrogen and oxygen atoms in total. The monoisotopic (exact) mass is 848 g/mol. The minimum absolute atomic E-state index is 0.814. The van der Waals surface area contributed by atoms with Crippen LogP contribution < -0.4 is 14.5 Å². The van der Waals surface area contributed by atoms with Gasteiger partial charge in [0.05, 0.1) is 11.4 Å². The van der Waals surface area contributed by atoms with Gasteiger partial charge in [0.2, 0.25) is 0 Å². The molecule has 1 aliphatic heterocycles. The number of anilines is 6. The van der Waals surface area contributed by atoms with Gasteiger partial charge in [-0.15, -0.1) is 0 Å². The van der Waals surface area contributed by atoms with Crippen LogP contribution in [0.15, 0.2) is 211 Å². The minimum atomic E-state index is 0.814. The Morgan fingerprint density at radius 3 is 1.80 bits per heavy atom. The van der Waals surface area contributed by atoms with E-state index in [4.69, 9.17) is 9.15 Å². The Morgan fingerprint density at radius 1 is 0.379 bits per heavy atom. The van der Waals surface area contributed by atoms with Crippen LogP contribution in [0.4, 0.5) is 34.1 Å². The lowest BCUT2D eigenvalue weighted by molar-refractivity contribution is 0.487. The lowest BCUT2D eigenvalue weighted by Crippen LogP contribution is -2.10. The molecule has 0 radical (unpaired) electrons. The number of fused-ring (bicyclic) bond motifs is 9. The average molecular weight is 849 g/mol. The van der Waals surface area contributed by atoms with Crippen LogP contribution in [0.3, 0.4) is 0 Å². The second-order valence-corrected chi connectivity index (χ2v) is 17.2. The highest BCUT2D eigenvalue weighted by Crippen LogP contribution is 2.53. The van der Waals surface area contributed by atoms with Gasteiger partial charge in [0.25, 0.3) is 0 Å². The predicted molar refractivity (Wildman–Crippen MR) is 272 cm³/mol. The van der Waals surface area contributed by atoms with Crippen molar-refractivity contribution in [3.05, 3.63) is 218 Å². The van der Waals surface area contributed by atoms with E-state index in [1.807, 2.05) is 61.2 Å². The van der Waals surface area contributed by atoms with Gasteiger partial charge in [-0.1, -0.05) is 90.5 Å². The maximum atomic E-state index is 7.04. The van der Waals surface area contributed by atoms with Gasteiger partial charge in [0, 0.05) is 75.3 Å². The number of nitrogens with zero attached hydrogens (tertiary/aromatic N) is 4. The summed E-state index contributed by atoms with van der Waals surface area (Å²) in [5, 5.41) is 9.33. The Balaban J connectivity index is 0.975. The maximum absolute atomic E-state index is 7.04. The van der Waals surface area contributed by atoms with Crippen LogP contribution in [0.2, 0.25) is 0 Å². The highest BCUT2D eigenvalue weighted by atomic mass is 16.5. The Labute approximate surface area is 381 Å². The summed E-state index contributed by atoms with van der Waals surface area (Å²) in [5.41, 5.74) is 14.7. The van der Waals surface area contributed by atoms with E-state index in [-0.39, 0.29) is 0 Å². The molecular weight excluding hydrogens is 809 g/mol. The van der Waals surface area contributed by atoms with Gasteiger partial charge in [-0.05, 0) is 154 Å². The number of hydrogen-bond acceptors (Lipinski definition) is 6. The minimum Gasteiger partial charge on any atom is -0.456 e. The normalized spacial score (nSPS) is 11.9. The zero-order valence-electron chi connectivity index (χ0n) is 36.2. The Morgan fingerprint density at radius 2 is 1.02 bits per heavy atom. The van der Waals surface area contributed by atoms with E-state index >= 15 is 0 Å². The van der Waals surface area contributed by atoms with Crippen LogP contribution >= 0.6 is 0 Å². The lowest BCUT2D eigenvalue weighted by Gasteiger charge is -2.28. The number of aryl methyl sites for hydroxylation is 2. The second-order valence-electron chi connectivity index (χ2n) is 17.2. The van der Waals surface area contributed by atoms with E-state index in [1.54, 1.807) is 0 Å². The number of rotatable bonds is 7. The number of para-hydroxylation sites is 3. The summed E-state index contributed by atoms with van der Waals surface area (Å²) in [6, 6.07) is 64.9. The van der Waals surface area contributed by atoms with Crippen LogP contribution in [0.1, 0.15) is 11.1 Å². The molecule has 0 saturated carbocycles. The molecule has 0 amide bonds. The average Bonchev–Trinajstić information content (AvgIpc) is 3.75. The third kappa shape index (κ3) is 6.03. The number of hydrogen-bond donors (Lipinski definition) is 0. The summed E-state index contributed by atoms with van der Waals surface area (Å²) in [6.45, 7) is 4.35. The summed E-state index contributed by atoms with van der Waals surface area (Å²) in [6.07, 6.45) is 7.31. The second kappa shape index (κ2) is 14.9. The summed E-state index contributed by atoms with van der Waals surface area (Å²) in [7, 11) is 0. The first kappa shape index (κ1) is 37.8. The quantitative estimate of drug-likeness (QED) is 0.149. The zero-order chi connectivity index (χ0) is 43.9. The van der Waals surface area contributed by atoms with E-state index in [0.717, 1.165) is 95.2 Å². The smallest absolute Gasteiger partial charge is 0.159 e. The molecule has 13 rings (SSSR count). The third-order valence-corrected chi connectivity index (χ3v) is 13.1. The van der Waals surface area contributed by atoms with E-state index in [0.29, 0.717) is 0 Å². The molecule has 6 heteroatoms. The van der Waals surface area contributed by atoms with Crippen molar-refractivity contribution in [3.8, 4) is 33.8 Å². The van der Waals surface area contributed by atoms with E-state index in [2.05, 4.69) is 179 Å². The first-order valence-electron chi connectivity index (χ1n) is 22.3. The van der Waals surface area contributed by atoms with Crippen molar-refractivity contribution in [2.75, 3.05) is 9.80 Å². The SMILES string of the molecule is Cc1ccc2c(-c3ccc(N(c4ccncc4)c4ccncc4)cc3)cc3c4cc(C)cc5c4c(cc3c2c1)-c1ccc(N(c2ccccc2)c2cccc3c2oc2ccccc23)cc1O5. The van der Waals surface area contributed by atoms with Crippen LogP contribution in [0.25, 0.3) is 76.5 Å². The van der Waals surface area contributed by atoms with Gasteiger partial charge >= 0.3 is 0 Å². The molecule has 0 spiro atoms. The van der Waals surface area contributed by atoms with E-state index in [1.165, 1.54) is 38.1 Å². The fourth-order valence-electron chi connectivity index (χ4n) is 10.1. The molecule has 4 heterocycles. The first-order chi connectivity index (χ1) is 32.5. The Bertz CT molecular complexity index is 3830. The predicted octanol–water partition coefficient (Wildman–Crippen LogP) is 16.8. The molecule has 0 N–H and O–H groups in total. The van der Waals surface area contributed by atoms with Crippen molar-refractivity contribution in [1.82, 2.24) is 9.97 Å². The lowest BCUT2D eigenvalue weighted by atomic mass is 9.85. The van der Waals surface area contributed by atoms with E-state index in [9.17, 15) is 0 Å². The van der Waals surface area contributed by atoms with Gasteiger partial charge in [0.15, 0.2) is 5.58 Å². The molecule has 0 bridgehead atoms. The standard InChI is InChI=1S/C60H40N4O2/c1-37-15-21-45-49(39-16-18-41(19-17-39)63(42-23-27-61-28-24-42)43-25-29-62-30-26-43)35-52-51(50(45)31-37)36-54-47-22-20-44(34-57(47)65-58-33-38(2)32-53(52)59(54)58)64(40-9-4-3-5-10-40)55-13-8-12-48-46-11-6-7-14-56(46)66-60(48)55/h3-36H,1-2H3. The number of aromatic nitrogens is 2. The number of pyridine rings is 2.